The molecule has 1 aliphatic rings. The summed E-state index contributed by atoms with van der Waals surface area (Å²) in [7, 11) is -7.98. The fourth-order valence-electron chi connectivity index (χ4n) is 3.21. The molecule has 0 atom stereocenters. The van der Waals surface area contributed by atoms with Crippen molar-refractivity contribution in [1.82, 2.24) is 4.31 Å². The van der Waals surface area contributed by atoms with E-state index in [9.17, 15) is 26.9 Å². The van der Waals surface area contributed by atoms with Crippen LogP contribution in [0.25, 0.3) is 0 Å². The van der Waals surface area contributed by atoms with Gasteiger partial charge in [-0.1, -0.05) is 13.3 Å². The number of nitro groups is 1. The van der Waals surface area contributed by atoms with Gasteiger partial charge in [0.1, 0.15) is 0 Å². The Hall–Kier alpha value is -2.74. The maximum Gasteiger partial charge on any atom is 0.269 e. The molecule has 0 aromatic heterocycles. The number of benzene rings is 2. The number of non-ortho nitro benzene ring substituents is 1. The van der Waals surface area contributed by atoms with Gasteiger partial charge in [0.15, 0.2) is 0 Å². The summed E-state index contributed by atoms with van der Waals surface area (Å²) in [6.45, 7) is 3.58. The highest BCUT2D eigenvalue weighted by atomic mass is 32.2. The van der Waals surface area contributed by atoms with Gasteiger partial charge in [0, 0.05) is 31.8 Å². The summed E-state index contributed by atoms with van der Waals surface area (Å²) in [5.74, 6) is 0. The molecule has 0 amide bonds. The summed E-state index contributed by atoms with van der Waals surface area (Å²) in [6, 6.07) is 8.67. The van der Waals surface area contributed by atoms with Crippen LogP contribution in [0.2, 0.25) is 0 Å². The molecular formula is C20H26N4O7S2. The molecule has 1 heterocycles. The zero-order chi connectivity index (χ0) is 24.1. The molecule has 0 unspecified atom stereocenters. The largest absolute Gasteiger partial charge is 0.383 e. The average molecular weight is 499 g/mol. The Balaban J connectivity index is 1.96. The minimum atomic E-state index is -4.14. The lowest BCUT2D eigenvalue weighted by atomic mass is 10.2. The highest BCUT2D eigenvalue weighted by molar-refractivity contribution is 7.92. The summed E-state index contributed by atoms with van der Waals surface area (Å²) in [4.78, 5) is 9.99. The van der Waals surface area contributed by atoms with E-state index in [4.69, 9.17) is 4.74 Å². The van der Waals surface area contributed by atoms with Gasteiger partial charge in [0.05, 0.1) is 39.3 Å². The third-order valence-electron chi connectivity index (χ3n) is 5.05. The van der Waals surface area contributed by atoms with E-state index in [1.807, 2.05) is 6.92 Å². The molecule has 1 saturated heterocycles. The van der Waals surface area contributed by atoms with E-state index in [0.717, 1.165) is 37.1 Å². The number of hydrogen-bond donors (Lipinski definition) is 2. The first kappa shape index (κ1) is 24.9. The van der Waals surface area contributed by atoms with Crippen molar-refractivity contribution in [3.05, 3.63) is 52.6 Å². The molecule has 13 heteroatoms. The van der Waals surface area contributed by atoms with Crippen LogP contribution in [-0.4, -0.2) is 58.9 Å². The normalized spacial score (nSPS) is 15.2. The molecule has 1 aliphatic heterocycles. The number of unbranched alkanes of at least 4 members (excludes halogenated alkanes) is 1. The van der Waals surface area contributed by atoms with Gasteiger partial charge in [-0.15, -0.1) is 0 Å². The molecule has 1 fully saturated rings. The molecule has 0 saturated carbocycles. The lowest BCUT2D eigenvalue weighted by Crippen LogP contribution is -2.40. The molecule has 0 radical (unpaired) electrons. The quantitative estimate of drug-likeness (QED) is 0.289. The minimum absolute atomic E-state index is 0.0492. The molecule has 0 bridgehead atoms. The predicted molar refractivity (Wildman–Crippen MR) is 123 cm³/mol. The highest BCUT2D eigenvalue weighted by Crippen LogP contribution is 2.30. The van der Waals surface area contributed by atoms with Gasteiger partial charge in [0.2, 0.25) is 10.0 Å². The number of nitrogens with one attached hydrogen (secondary N) is 2. The van der Waals surface area contributed by atoms with Gasteiger partial charge in [-0.2, -0.15) is 4.31 Å². The zero-order valence-corrected chi connectivity index (χ0v) is 19.7. The van der Waals surface area contributed by atoms with Crippen molar-refractivity contribution in [2.75, 3.05) is 42.9 Å². The number of ether oxygens (including phenoxy) is 1. The van der Waals surface area contributed by atoms with Crippen molar-refractivity contribution in [2.24, 2.45) is 0 Å². The third-order valence-corrected chi connectivity index (χ3v) is 8.32. The predicted octanol–water partition coefficient (Wildman–Crippen LogP) is 2.63. The Kier molecular flexibility index (Phi) is 7.89. The van der Waals surface area contributed by atoms with Crippen molar-refractivity contribution in [2.45, 2.75) is 29.6 Å². The number of hydrogen-bond acceptors (Lipinski definition) is 8. The van der Waals surface area contributed by atoms with Crippen molar-refractivity contribution < 1.29 is 26.5 Å². The highest BCUT2D eigenvalue weighted by Gasteiger charge is 2.28. The zero-order valence-electron chi connectivity index (χ0n) is 18.1. The van der Waals surface area contributed by atoms with Crippen molar-refractivity contribution in [1.29, 1.82) is 0 Å². The summed E-state index contributed by atoms with van der Waals surface area (Å²) < 4.78 is 60.9. The van der Waals surface area contributed by atoms with E-state index in [-0.39, 0.29) is 47.5 Å². The smallest absolute Gasteiger partial charge is 0.269 e. The minimum Gasteiger partial charge on any atom is -0.383 e. The van der Waals surface area contributed by atoms with Crippen LogP contribution in [0.3, 0.4) is 0 Å². The molecule has 33 heavy (non-hydrogen) atoms. The second-order valence-electron chi connectivity index (χ2n) is 7.36. The maximum atomic E-state index is 13.1. The lowest BCUT2D eigenvalue weighted by Gasteiger charge is -2.26. The number of nitrogens with zero attached hydrogens (tertiary/aromatic N) is 2. The number of morpholine rings is 1. The van der Waals surface area contributed by atoms with E-state index in [1.54, 1.807) is 0 Å². The third kappa shape index (κ3) is 5.99. The first-order chi connectivity index (χ1) is 15.6. The van der Waals surface area contributed by atoms with E-state index in [2.05, 4.69) is 10.0 Å². The Morgan fingerprint density at radius 2 is 1.64 bits per heavy atom. The van der Waals surface area contributed by atoms with Crippen LogP contribution in [0, 0.1) is 10.1 Å². The van der Waals surface area contributed by atoms with Gasteiger partial charge >= 0.3 is 0 Å². The Morgan fingerprint density at radius 1 is 1.00 bits per heavy atom. The molecule has 0 aliphatic carbocycles. The van der Waals surface area contributed by atoms with Gasteiger partial charge in [0.25, 0.3) is 15.7 Å². The maximum absolute atomic E-state index is 13.1. The summed E-state index contributed by atoms with van der Waals surface area (Å²) in [5, 5.41) is 14.0. The summed E-state index contributed by atoms with van der Waals surface area (Å²) in [6.07, 6.45) is 1.75. The molecule has 11 nitrogen and oxygen atoms in total. The molecule has 2 N–H and O–H groups in total. The second kappa shape index (κ2) is 10.5. The van der Waals surface area contributed by atoms with Crippen LogP contribution in [-0.2, 0) is 24.8 Å². The topological polar surface area (TPSA) is 148 Å². The Bertz CT molecular complexity index is 1190. The van der Waals surface area contributed by atoms with Crippen LogP contribution in [0.4, 0.5) is 17.1 Å². The lowest BCUT2D eigenvalue weighted by molar-refractivity contribution is -0.384. The molecule has 2 aromatic carbocycles. The van der Waals surface area contributed by atoms with Gasteiger partial charge < -0.3 is 10.1 Å². The van der Waals surface area contributed by atoms with E-state index in [1.165, 1.54) is 22.5 Å². The Labute approximate surface area is 193 Å². The van der Waals surface area contributed by atoms with E-state index in [0.29, 0.717) is 12.2 Å². The van der Waals surface area contributed by atoms with Crippen molar-refractivity contribution in [3.63, 3.8) is 0 Å². The van der Waals surface area contributed by atoms with Crippen LogP contribution >= 0.6 is 0 Å². The van der Waals surface area contributed by atoms with Crippen molar-refractivity contribution in [3.8, 4) is 0 Å². The fraction of sp³-hybridized carbons (Fsp3) is 0.400. The van der Waals surface area contributed by atoms with Crippen molar-refractivity contribution >= 4 is 37.1 Å². The number of sulfonamides is 2. The second-order valence-corrected chi connectivity index (χ2v) is 11.0. The molecule has 3 rings (SSSR count). The number of anilines is 2. The molecular weight excluding hydrogens is 472 g/mol. The SMILES string of the molecule is CCCCNc1ccc(S(=O)(=O)N2CCOCC2)cc1NS(=O)(=O)c1ccc([N+](=O)[O-])cc1. The van der Waals surface area contributed by atoms with Gasteiger partial charge in [-0.05, 0) is 36.8 Å². The standard InChI is InChI=1S/C20H26N4O7S2/c1-2-3-10-21-19-9-8-18(33(29,30)23-11-13-31-14-12-23)15-20(19)22-32(27,28)17-6-4-16(5-7-17)24(25)26/h4-9,15,21-22H,2-3,10-14H2,1H3. The Morgan fingerprint density at radius 3 is 2.24 bits per heavy atom. The average Bonchev–Trinajstić information content (AvgIpc) is 2.80. The molecule has 0 spiro atoms. The molecule has 2 aromatic rings. The monoisotopic (exact) mass is 498 g/mol. The first-order valence-corrected chi connectivity index (χ1v) is 13.3. The van der Waals surface area contributed by atoms with Crippen LogP contribution in [0.1, 0.15) is 19.8 Å². The number of rotatable bonds is 10. The fourth-order valence-corrected chi connectivity index (χ4v) is 5.71. The molecule has 180 valence electrons. The van der Waals surface area contributed by atoms with Crippen LogP contribution in [0.15, 0.2) is 52.3 Å². The summed E-state index contributed by atoms with van der Waals surface area (Å²) in [5.41, 5.74) is 0.253. The van der Waals surface area contributed by atoms with Gasteiger partial charge in [-0.25, -0.2) is 16.8 Å². The van der Waals surface area contributed by atoms with E-state index < -0.39 is 25.0 Å². The van der Waals surface area contributed by atoms with Crippen LogP contribution < -0.4 is 10.0 Å². The van der Waals surface area contributed by atoms with Gasteiger partial charge in [-0.3, -0.25) is 14.8 Å². The first-order valence-electron chi connectivity index (χ1n) is 10.4. The van der Waals surface area contributed by atoms with E-state index >= 15 is 0 Å². The summed E-state index contributed by atoms with van der Waals surface area (Å²) >= 11 is 0. The van der Waals surface area contributed by atoms with Crippen LogP contribution in [0.5, 0.6) is 0 Å². The number of nitro benzene ring substituents is 1.